The molecule has 0 aromatic rings. The van der Waals surface area contributed by atoms with Crippen LogP contribution in [-0.2, 0) is 0 Å². The van der Waals surface area contributed by atoms with Gasteiger partial charge in [-0.25, -0.2) is 0 Å². The summed E-state index contributed by atoms with van der Waals surface area (Å²) in [6.45, 7) is 8.09. The van der Waals surface area contributed by atoms with Crippen molar-refractivity contribution in [3.63, 3.8) is 0 Å². The summed E-state index contributed by atoms with van der Waals surface area (Å²) in [6.07, 6.45) is 29.0. The number of nitrogens with zero attached hydrogens (tertiary/aromatic N) is 2. The molecule has 0 saturated carbocycles. The van der Waals surface area contributed by atoms with E-state index in [0.717, 1.165) is 19.8 Å². The summed E-state index contributed by atoms with van der Waals surface area (Å²) >= 11 is 0. The summed E-state index contributed by atoms with van der Waals surface area (Å²) < 4.78 is 0. The molecule has 0 atom stereocenters. The van der Waals surface area contributed by atoms with Gasteiger partial charge in [0, 0.05) is 19.6 Å². The molecule has 0 bridgehead atoms. The Balaban J connectivity index is 1.67. The van der Waals surface area contributed by atoms with Crippen molar-refractivity contribution in [3.05, 3.63) is 0 Å². The molecule has 0 amide bonds. The van der Waals surface area contributed by atoms with E-state index in [0.29, 0.717) is 6.61 Å². The van der Waals surface area contributed by atoms with Crippen molar-refractivity contribution in [1.29, 1.82) is 0 Å². The molecule has 0 aromatic carbocycles. The fourth-order valence-electron chi connectivity index (χ4n) is 4.80. The van der Waals surface area contributed by atoms with Crippen LogP contribution in [0.1, 0.15) is 135 Å². The van der Waals surface area contributed by atoms with E-state index in [1.54, 1.807) is 0 Å². The van der Waals surface area contributed by atoms with Crippen LogP contribution in [0.2, 0.25) is 0 Å². The van der Waals surface area contributed by atoms with Gasteiger partial charge < -0.3 is 5.11 Å². The number of rotatable bonds is 23. The fraction of sp³-hybridized carbons (Fsp3) is 1.00. The number of β-amino-alcohol motifs (C(OH)–C–C–N with tert-alkyl or cyclic N) is 1. The lowest BCUT2D eigenvalue weighted by Gasteiger charge is -2.16. The van der Waals surface area contributed by atoms with E-state index in [9.17, 15) is 0 Å². The molecule has 1 aliphatic rings. The first kappa shape index (κ1) is 27.9. The van der Waals surface area contributed by atoms with Gasteiger partial charge in [0.05, 0.1) is 13.3 Å². The highest BCUT2D eigenvalue weighted by Crippen LogP contribution is 2.15. The van der Waals surface area contributed by atoms with Crippen LogP contribution < -0.4 is 0 Å². The first-order chi connectivity index (χ1) is 14.9. The zero-order valence-electron chi connectivity index (χ0n) is 20.7. The highest BCUT2D eigenvalue weighted by atomic mass is 16.3. The Morgan fingerprint density at radius 2 is 0.800 bits per heavy atom. The second kappa shape index (κ2) is 22.1. The molecule has 1 aliphatic heterocycles. The Morgan fingerprint density at radius 3 is 1.17 bits per heavy atom. The van der Waals surface area contributed by atoms with Crippen molar-refractivity contribution >= 4 is 0 Å². The first-order valence-electron chi connectivity index (χ1n) is 13.9. The molecule has 0 spiro atoms. The molecule has 180 valence electrons. The number of aliphatic hydroxyl groups is 1. The van der Waals surface area contributed by atoms with E-state index < -0.39 is 0 Å². The van der Waals surface area contributed by atoms with Gasteiger partial charge in [0.1, 0.15) is 0 Å². The van der Waals surface area contributed by atoms with E-state index in [1.165, 1.54) is 142 Å². The van der Waals surface area contributed by atoms with E-state index >= 15 is 0 Å². The van der Waals surface area contributed by atoms with Crippen molar-refractivity contribution in [2.24, 2.45) is 0 Å². The van der Waals surface area contributed by atoms with Crippen LogP contribution in [0.25, 0.3) is 0 Å². The normalized spacial score (nSPS) is 15.4. The number of aliphatic hydroxyl groups excluding tert-OH is 1. The molecule has 3 nitrogen and oxygen atoms in total. The third kappa shape index (κ3) is 17.5. The molecule has 1 fully saturated rings. The molecule has 3 heteroatoms. The van der Waals surface area contributed by atoms with Gasteiger partial charge in [0.15, 0.2) is 0 Å². The van der Waals surface area contributed by atoms with Crippen LogP contribution in [0.3, 0.4) is 0 Å². The standard InChI is InChI=1S/C27H56N2O/c1-2-3-4-5-6-7-8-9-10-11-12-13-14-15-16-17-18-19-20-21-22-28-23-24-29(27-28)25-26-30/h30H,2-27H2,1H3. The van der Waals surface area contributed by atoms with Gasteiger partial charge in [-0.2, -0.15) is 0 Å². The topological polar surface area (TPSA) is 26.7 Å². The quantitative estimate of drug-likeness (QED) is 0.173. The average molecular weight is 425 g/mol. The molecular weight excluding hydrogens is 368 g/mol. The van der Waals surface area contributed by atoms with Gasteiger partial charge in [-0.1, -0.05) is 129 Å². The van der Waals surface area contributed by atoms with E-state index in [1.807, 2.05) is 0 Å². The third-order valence-electron chi connectivity index (χ3n) is 6.88. The Hall–Kier alpha value is -0.120. The first-order valence-corrected chi connectivity index (χ1v) is 13.9. The highest BCUT2D eigenvalue weighted by molar-refractivity contribution is 4.70. The van der Waals surface area contributed by atoms with Gasteiger partial charge in [0.25, 0.3) is 0 Å². The molecule has 1 saturated heterocycles. The maximum Gasteiger partial charge on any atom is 0.0558 e. The summed E-state index contributed by atoms with van der Waals surface area (Å²) in [5, 5.41) is 9.00. The predicted molar refractivity (Wildman–Crippen MR) is 133 cm³/mol. The summed E-state index contributed by atoms with van der Waals surface area (Å²) in [7, 11) is 0. The maximum atomic E-state index is 9.00. The van der Waals surface area contributed by atoms with Crippen LogP contribution in [-0.4, -0.2) is 54.4 Å². The van der Waals surface area contributed by atoms with Gasteiger partial charge in [0.2, 0.25) is 0 Å². The van der Waals surface area contributed by atoms with Crippen LogP contribution in [0.15, 0.2) is 0 Å². The number of unbranched alkanes of at least 4 members (excludes halogenated alkanes) is 19. The van der Waals surface area contributed by atoms with E-state index in [-0.39, 0.29) is 0 Å². The Morgan fingerprint density at radius 1 is 0.467 bits per heavy atom. The summed E-state index contributed by atoms with van der Waals surface area (Å²) in [4.78, 5) is 4.90. The fourth-order valence-corrected chi connectivity index (χ4v) is 4.80. The Kier molecular flexibility index (Phi) is 20.6. The lowest BCUT2D eigenvalue weighted by Crippen LogP contribution is -2.28. The molecular formula is C27H56N2O. The average Bonchev–Trinajstić information content (AvgIpc) is 3.20. The Labute approximate surface area is 190 Å². The molecule has 0 aliphatic carbocycles. The van der Waals surface area contributed by atoms with Crippen molar-refractivity contribution in [1.82, 2.24) is 9.80 Å². The summed E-state index contributed by atoms with van der Waals surface area (Å²) in [5.74, 6) is 0. The smallest absolute Gasteiger partial charge is 0.0558 e. The molecule has 0 aromatic heterocycles. The zero-order chi connectivity index (χ0) is 21.5. The second-order valence-electron chi connectivity index (χ2n) is 9.82. The monoisotopic (exact) mass is 424 g/mol. The molecule has 1 heterocycles. The second-order valence-corrected chi connectivity index (χ2v) is 9.82. The lowest BCUT2D eigenvalue weighted by atomic mass is 10.0. The lowest BCUT2D eigenvalue weighted by molar-refractivity contribution is 0.191. The van der Waals surface area contributed by atoms with Gasteiger partial charge in [-0.15, -0.1) is 0 Å². The van der Waals surface area contributed by atoms with Gasteiger partial charge in [-0.05, 0) is 13.0 Å². The predicted octanol–water partition coefficient (Wildman–Crippen LogP) is 7.38. The number of hydrogen-bond donors (Lipinski definition) is 1. The molecule has 30 heavy (non-hydrogen) atoms. The minimum atomic E-state index is 0.299. The van der Waals surface area contributed by atoms with Crippen LogP contribution >= 0.6 is 0 Å². The van der Waals surface area contributed by atoms with E-state index in [2.05, 4.69) is 16.7 Å². The number of hydrogen-bond acceptors (Lipinski definition) is 3. The summed E-state index contributed by atoms with van der Waals surface area (Å²) in [5.41, 5.74) is 0. The molecule has 0 radical (unpaired) electrons. The van der Waals surface area contributed by atoms with Gasteiger partial charge in [-0.3, -0.25) is 9.80 Å². The van der Waals surface area contributed by atoms with Crippen molar-refractivity contribution in [3.8, 4) is 0 Å². The summed E-state index contributed by atoms with van der Waals surface area (Å²) in [6, 6.07) is 0. The highest BCUT2D eigenvalue weighted by Gasteiger charge is 2.18. The van der Waals surface area contributed by atoms with Crippen molar-refractivity contribution in [2.45, 2.75) is 135 Å². The zero-order valence-corrected chi connectivity index (χ0v) is 20.7. The Bertz CT molecular complexity index is 337. The molecule has 1 rings (SSSR count). The molecule has 0 unspecified atom stereocenters. The van der Waals surface area contributed by atoms with Crippen LogP contribution in [0.5, 0.6) is 0 Å². The minimum Gasteiger partial charge on any atom is -0.395 e. The SMILES string of the molecule is CCCCCCCCCCCCCCCCCCCCCCN1CCN(CCO)C1. The van der Waals surface area contributed by atoms with Crippen molar-refractivity contribution in [2.75, 3.05) is 39.5 Å². The molecule has 1 N–H and O–H groups in total. The van der Waals surface area contributed by atoms with Crippen LogP contribution in [0.4, 0.5) is 0 Å². The maximum absolute atomic E-state index is 9.00. The third-order valence-corrected chi connectivity index (χ3v) is 6.88. The largest absolute Gasteiger partial charge is 0.395 e. The minimum absolute atomic E-state index is 0.299. The van der Waals surface area contributed by atoms with Crippen LogP contribution in [0, 0.1) is 0 Å². The van der Waals surface area contributed by atoms with Crippen molar-refractivity contribution < 1.29 is 5.11 Å². The van der Waals surface area contributed by atoms with E-state index in [4.69, 9.17) is 5.11 Å². The van der Waals surface area contributed by atoms with Gasteiger partial charge >= 0.3 is 0 Å².